The molecular weight excluding hydrogens is 256 g/mol. The van der Waals surface area contributed by atoms with Gasteiger partial charge in [0.2, 0.25) is 0 Å². The second kappa shape index (κ2) is 5.66. The van der Waals surface area contributed by atoms with Gasteiger partial charge in [-0.3, -0.25) is 0 Å². The molecule has 1 aromatic carbocycles. The number of hydrogen-bond donors (Lipinski definition) is 1. The quantitative estimate of drug-likeness (QED) is 0.724. The zero-order chi connectivity index (χ0) is 14.9. The standard InChI is InChI=1S/C20H30O/c1-19(11-5-3-6-12-19)16-9-10-18(21)17(15-16)20(2)13-7-4-8-14-20/h9-10,15,21H,3-8,11-14H2,1-2H3. The van der Waals surface area contributed by atoms with Gasteiger partial charge in [0.05, 0.1) is 0 Å². The molecule has 0 atom stereocenters. The molecule has 0 radical (unpaired) electrons. The van der Waals surface area contributed by atoms with E-state index in [2.05, 4.69) is 26.0 Å². The Morgan fingerprint density at radius 3 is 1.86 bits per heavy atom. The van der Waals surface area contributed by atoms with Gasteiger partial charge in [-0.15, -0.1) is 0 Å². The van der Waals surface area contributed by atoms with Crippen LogP contribution in [-0.4, -0.2) is 5.11 Å². The monoisotopic (exact) mass is 286 g/mol. The van der Waals surface area contributed by atoms with E-state index >= 15 is 0 Å². The molecule has 116 valence electrons. The van der Waals surface area contributed by atoms with Crippen LogP contribution >= 0.6 is 0 Å². The SMILES string of the molecule is CC1(c2ccc(O)c(C3(C)CCCCC3)c2)CCCCC1. The third-order valence-corrected chi connectivity index (χ3v) is 6.26. The summed E-state index contributed by atoms with van der Waals surface area (Å²) in [5.74, 6) is 0.516. The molecule has 0 aliphatic heterocycles. The van der Waals surface area contributed by atoms with Gasteiger partial charge >= 0.3 is 0 Å². The lowest BCUT2D eigenvalue weighted by Crippen LogP contribution is -2.28. The number of phenols is 1. The van der Waals surface area contributed by atoms with Crippen LogP contribution in [0, 0.1) is 0 Å². The van der Waals surface area contributed by atoms with E-state index in [9.17, 15) is 5.11 Å². The van der Waals surface area contributed by atoms with E-state index in [4.69, 9.17) is 0 Å². The van der Waals surface area contributed by atoms with E-state index < -0.39 is 0 Å². The van der Waals surface area contributed by atoms with Crippen molar-refractivity contribution in [2.24, 2.45) is 0 Å². The van der Waals surface area contributed by atoms with Crippen LogP contribution in [0.2, 0.25) is 0 Å². The van der Waals surface area contributed by atoms with Gasteiger partial charge in [0, 0.05) is 5.56 Å². The minimum absolute atomic E-state index is 0.184. The highest BCUT2D eigenvalue weighted by molar-refractivity contribution is 5.44. The zero-order valence-electron chi connectivity index (χ0n) is 13.8. The van der Waals surface area contributed by atoms with Crippen LogP contribution in [0.1, 0.15) is 89.2 Å². The fourth-order valence-electron chi connectivity index (χ4n) is 4.62. The number of benzene rings is 1. The first-order valence-electron chi connectivity index (χ1n) is 8.88. The Kier molecular flexibility index (Phi) is 4.03. The van der Waals surface area contributed by atoms with E-state index in [-0.39, 0.29) is 5.41 Å². The average molecular weight is 286 g/mol. The molecule has 2 aliphatic rings. The Balaban J connectivity index is 1.96. The largest absolute Gasteiger partial charge is 0.508 e. The van der Waals surface area contributed by atoms with Crippen LogP contribution in [0.3, 0.4) is 0 Å². The molecule has 0 bridgehead atoms. The van der Waals surface area contributed by atoms with Crippen LogP contribution in [0.5, 0.6) is 5.75 Å². The lowest BCUT2D eigenvalue weighted by Gasteiger charge is -2.38. The van der Waals surface area contributed by atoms with E-state index in [1.165, 1.54) is 75.3 Å². The maximum atomic E-state index is 10.4. The molecule has 0 spiro atoms. The van der Waals surface area contributed by atoms with E-state index in [0.29, 0.717) is 11.2 Å². The van der Waals surface area contributed by atoms with Crippen LogP contribution in [-0.2, 0) is 10.8 Å². The maximum absolute atomic E-state index is 10.4. The third-order valence-electron chi connectivity index (χ3n) is 6.26. The van der Waals surface area contributed by atoms with Gasteiger partial charge in [-0.05, 0) is 48.1 Å². The smallest absolute Gasteiger partial charge is 0.119 e. The summed E-state index contributed by atoms with van der Waals surface area (Å²) in [6.07, 6.45) is 13.1. The number of aromatic hydroxyl groups is 1. The fraction of sp³-hybridized carbons (Fsp3) is 0.700. The third kappa shape index (κ3) is 2.84. The Hall–Kier alpha value is -0.980. The Labute approximate surface area is 129 Å². The molecule has 0 heterocycles. The first kappa shape index (κ1) is 14.9. The van der Waals surface area contributed by atoms with Gasteiger partial charge in [0.25, 0.3) is 0 Å². The van der Waals surface area contributed by atoms with Crippen LogP contribution in [0.15, 0.2) is 18.2 Å². The molecule has 1 N–H and O–H groups in total. The number of rotatable bonds is 2. The fourth-order valence-corrected chi connectivity index (χ4v) is 4.62. The highest BCUT2D eigenvalue weighted by Gasteiger charge is 2.34. The Morgan fingerprint density at radius 1 is 0.762 bits per heavy atom. The lowest BCUT2D eigenvalue weighted by atomic mass is 9.67. The summed E-state index contributed by atoms with van der Waals surface area (Å²) in [5.41, 5.74) is 3.18. The summed E-state index contributed by atoms with van der Waals surface area (Å²) < 4.78 is 0. The molecule has 1 nitrogen and oxygen atoms in total. The van der Waals surface area contributed by atoms with Crippen LogP contribution in [0.4, 0.5) is 0 Å². The highest BCUT2D eigenvalue weighted by Crippen LogP contribution is 2.46. The zero-order valence-corrected chi connectivity index (χ0v) is 13.8. The number of phenolic OH excluding ortho intramolecular Hbond substituents is 1. The van der Waals surface area contributed by atoms with Crippen molar-refractivity contribution in [3.05, 3.63) is 29.3 Å². The van der Waals surface area contributed by atoms with Crippen molar-refractivity contribution in [3.8, 4) is 5.75 Å². The van der Waals surface area contributed by atoms with E-state index in [1.54, 1.807) is 0 Å². The topological polar surface area (TPSA) is 20.2 Å². The molecule has 1 aromatic rings. The molecule has 0 saturated heterocycles. The Bertz CT molecular complexity index is 491. The molecule has 21 heavy (non-hydrogen) atoms. The minimum atomic E-state index is 0.184. The first-order valence-corrected chi connectivity index (χ1v) is 8.88. The van der Waals surface area contributed by atoms with Crippen LogP contribution < -0.4 is 0 Å². The normalized spacial score (nSPS) is 24.7. The predicted octanol–water partition coefficient (Wildman–Crippen LogP) is 5.84. The van der Waals surface area contributed by atoms with Crippen molar-refractivity contribution >= 4 is 0 Å². The van der Waals surface area contributed by atoms with Gasteiger partial charge in [-0.1, -0.05) is 64.5 Å². The average Bonchev–Trinajstić information content (AvgIpc) is 2.49. The predicted molar refractivity (Wildman–Crippen MR) is 89.0 cm³/mol. The van der Waals surface area contributed by atoms with Crippen molar-refractivity contribution < 1.29 is 5.11 Å². The van der Waals surface area contributed by atoms with Gasteiger partial charge in [-0.25, -0.2) is 0 Å². The van der Waals surface area contributed by atoms with Crippen molar-refractivity contribution in [2.45, 2.75) is 88.9 Å². The minimum Gasteiger partial charge on any atom is -0.508 e. The summed E-state index contributed by atoms with van der Waals surface area (Å²) in [6, 6.07) is 6.49. The van der Waals surface area contributed by atoms with Gasteiger partial charge < -0.3 is 5.11 Å². The second-order valence-electron chi connectivity index (χ2n) is 7.97. The van der Waals surface area contributed by atoms with Crippen molar-refractivity contribution in [1.82, 2.24) is 0 Å². The maximum Gasteiger partial charge on any atom is 0.119 e. The highest BCUT2D eigenvalue weighted by atomic mass is 16.3. The molecule has 0 unspecified atom stereocenters. The lowest BCUT2D eigenvalue weighted by molar-refractivity contribution is 0.301. The van der Waals surface area contributed by atoms with Crippen molar-refractivity contribution in [1.29, 1.82) is 0 Å². The molecular formula is C20H30O. The molecule has 0 aromatic heterocycles. The summed E-state index contributed by atoms with van der Waals surface area (Å²) in [7, 11) is 0. The van der Waals surface area contributed by atoms with Crippen molar-refractivity contribution in [2.75, 3.05) is 0 Å². The number of hydrogen-bond acceptors (Lipinski definition) is 1. The molecule has 2 aliphatic carbocycles. The molecule has 2 saturated carbocycles. The summed E-state index contributed by atoms with van der Waals surface area (Å²) >= 11 is 0. The Morgan fingerprint density at radius 2 is 1.29 bits per heavy atom. The van der Waals surface area contributed by atoms with Crippen LogP contribution in [0.25, 0.3) is 0 Å². The second-order valence-corrected chi connectivity index (χ2v) is 7.97. The molecule has 1 heteroatoms. The van der Waals surface area contributed by atoms with Gasteiger partial charge in [0.15, 0.2) is 0 Å². The molecule has 3 rings (SSSR count). The van der Waals surface area contributed by atoms with Gasteiger partial charge in [0.1, 0.15) is 5.75 Å². The molecule has 0 amide bonds. The van der Waals surface area contributed by atoms with Gasteiger partial charge in [-0.2, -0.15) is 0 Å². The van der Waals surface area contributed by atoms with Crippen molar-refractivity contribution in [3.63, 3.8) is 0 Å². The summed E-state index contributed by atoms with van der Waals surface area (Å²) in [5, 5.41) is 10.4. The summed E-state index contributed by atoms with van der Waals surface area (Å²) in [6.45, 7) is 4.78. The first-order chi connectivity index (χ1) is 10.0. The van der Waals surface area contributed by atoms with E-state index in [0.717, 1.165) is 0 Å². The summed E-state index contributed by atoms with van der Waals surface area (Å²) in [4.78, 5) is 0. The molecule has 2 fully saturated rings. The van der Waals surface area contributed by atoms with E-state index in [1.807, 2.05) is 6.07 Å².